The first-order valence-electron chi connectivity index (χ1n) is 5.40. The minimum atomic E-state index is -4.92. The second kappa shape index (κ2) is 5.19. The summed E-state index contributed by atoms with van der Waals surface area (Å²) < 4.78 is 35.7. The zero-order chi connectivity index (χ0) is 14.8. The minimum absolute atomic E-state index is 0.0410. The van der Waals surface area contributed by atoms with Crippen molar-refractivity contribution < 1.29 is 18.0 Å². The lowest BCUT2D eigenvalue weighted by atomic mass is 10.5. The van der Waals surface area contributed by atoms with Crippen molar-refractivity contribution in [1.29, 1.82) is 0 Å². The fourth-order valence-corrected chi connectivity index (χ4v) is 1.38. The van der Waals surface area contributed by atoms with Crippen LogP contribution in [0.3, 0.4) is 0 Å². The highest BCUT2D eigenvalue weighted by molar-refractivity contribution is 5.81. The maximum absolute atomic E-state index is 11.9. The van der Waals surface area contributed by atoms with Gasteiger partial charge in [0.25, 0.3) is 5.56 Å². The van der Waals surface area contributed by atoms with Crippen LogP contribution in [0.2, 0.25) is 0 Å². The third-order valence-corrected chi connectivity index (χ3v) is 2.26. The number of nitrogens with zero attached hydrogens (tertiary/aromatic N) is 2. The number of aromatic nitrogens is 4. The first-order valence-corrected chi connectivity index (χ1v) is 5.40. The van der Waals surface area contributed by atoms with E-state index in [1.54, 1.807) is 5.32 Å². The molecule has 2 rings (SSSR count). The van der Waals surface area contributed by atoms with Gasteiger partial charge in [0, 0.05) is 13.1 Å². The summed E-state index contributed by atoms with van der Waals surface area (Å²) in [4.78, 5) is 34.7. The lowest BCUT2D eigenvalue weighted by Gasteiger charge is -2.08. The molecule has 0 saturated heterocycles. The van der Waals surface area contributed by atoms with Crippen LogP contribution >= 0.6 is 0 Å². The molecular weight excluding hydrogens is 281 g/mol. The Morgan fingerprint density at radius 1 is 1.35 bits per heavy atom. The normalized spacial score (nSPS) is 11.6. The van der Waals surface area contributed by atoms with Crippen molar-refractivity contribution in [2.24, 2.45) is 0 Å². The summed E-state index contributed by atoms with van der Waals surface area (Å²) in [6.45, 7) is -0.318. The number of halogens is 3. The predicted octanol–water partition coefficient (Wildman–Crippen LogP) is -0.263. The third kappa shape index (κ3) is 3.05. The Balaban J connectivity index is 1.90. The van der Waals surface area contributed by atoms with Gasteiger partial charge < -0.3 is 15.6 Å². The Morgan fingerprint density at radius 3 is 2.80 bits per heavy atom. The van der Waals surface area contributed by atoms with Crippen molar-refractivity contribution in [1.82, 2.24) is 25.3 Å². The first kappa shape index (κ1) is 13.8. The Bertz CT molecular complexity index is 676. The molecule has 0 atom stereocenters. The van der Waals surface area contributed by atoms with Crippen LogP contribution < -0.4 is 16.2 Å². The molecule has 0 aliphatic carbocycles. The van der Waals surface area contributed by atoms with E-state index in [9.17, 15) is 22.8 Å². The van der Waals surface area contributed by atoms with Crippen LogP contribution in [0.5, 0.6) is 0 Å². The van der Waals surface area contributed by atoms with Crippen LogP contribution in [-0.4, -0.2) is 45.1 Å². The van der Waals surface area contributed by atoms with Crippen LogP contribution in [0.1, 0.15) is 0 Å². The molecule has 4 N–H and O–H groups in total. The molecule has 0 radical (unpaired) electrons. The molecule has 0 fully saturated rings. The van der Waals surface area contributed by atoms with Gasteiger partial charge in [0.2, 0.25) is 5.95 Å². The maximum Gasteiger partial charge on any atom is 0.471 e. The van der Waals surface area contributed by atoms with Gasteiger partial charge in [-0.25, -0.2) is 4.98 Å². The number of carbonyl (C=O) groups is 1. The lowest BCUT2D eigenvalue weighted by molar-refractivity contribution is -0.173. The van der Waals surface area contributed by atoms with E-state index in [2.05, 4.69) is 25.3 Å². The van der Waals surface area contributed by atoms with Crippen molar-refractivity contribution in [3.8, 4) is 0 Å². The monoisotopic (exact) mass is 290 g/mol. The third-order valence-electron chi connectivity index (χ3n) is 2.26. The van der Waals surface area contributed by atoms with Crippen molar-refractivity contribution in [2.75, 3.05) is 18.4 Å². The number of H-pyrrole nitrogens is 2. The summed E-state index contributed by atoms with van der Waals surface area (Å²) >= 11 is 0. The molecule has 0 aliphatic heterocycles. The molecule has 1 amide bonds. The molecule has 2 heterocycles. The number of fused-ring (bicyclic) bond motifs is 1. The Kier molecular flexibility index (Phi) is 3.59. The van der Waals surface area contributed by atoms with E-state index in [4.69, 9.17) is 0 Å². The minimum Gasteiger partial charge on any atom is -0.354 e. The van der Waals surface area contributed by atoms with Crippen molar-refractivity contribution >= 4 is 23.0 Å². The van der Waals surface area contributed by atoms with Crippen LogP contribution in [-0.2, 0) is 4.79 Å². The Morgan fingerprint density at radius 2 is 2.10 bits per heavy atom. The molecule has 20 heavy (non-hydrogen) atoms. The molecule has 11 heteroatoms. The number of amides is 1. The highest BCUT2D eigenvalue weighted by Gasteiger charge is 2.38. The first-order chi connectivity index (χ1) is 9.38. The lowest BCUT2D eigenvalue weighted by Crippen LogP contribution is -2.39. The number of aromatic amines is 2. The summed E-state index contributed by atoms with van der Waals surface area (Å²) in [6.07, 6.45) is -3.62. The maximum atomic E-state index is 11.9. The second-order valence-electron chi connectivity index (χ2n) is 3.70. The van der Waals surface area contributed by atoms with E-state index in [1.165, 1.54) is 6.33 Å². The number of alkyl halides is 3. The van der Waals surface area contributed by atoms with E-state index in [1.807, 2.05) is 0 Å². The Labute approximate surface area is 108 Å². The molecule has 0 aliphatic rings. The van der Waals surface area contributed by atoms with E-state index >= 15 is 0 Å². The van der Waals surface area contributed by atoms with Gasteiger partial charge in [-0.1, -0.05) is 0 Å². The molecule has 0 aromatic carbocycles. The van der Waals surface area contributed by atoms with Crippen molar-refractivity contribution in [3.63, 3.8) is 0 Å². The molecule has 2 aromatic rings. The van der Waals surface area contributed by atoms with Crippen LogP contribution in [0, 0.1) is 0 Å². The molecule has 0 bridgehead atoms. The Hall–Kier alpha value is -2.59. The van der Waals surface area contributed by atoms with Gasteiger partial charge >= 0.3 is 12.1 Å². The van der Waals surface area contributed by atoms with E-state index in [0.717, 1.165) is 0 Å². The van der Waals surface area contributed by atoms with Crippen molar-refractivity contribution in [3.05, 3.63) is 16.7 Å². The average Bonchev–Trinajstić information content (AvgIpc) is 2.82. The number of anilines is 1. The smallest absolute Gasteiger partial charge is 0.354 e. The molecule has 0 spiro atoms. The fraction of sp³-hybridized carbons (Fsp3) is 0.333. The SMILES string of the molecule is O=C(NCCNc1nc2nc[nH]c2c(=O)[nH]1)C(F)(F)F. The van der Waals surface area contributed by atoms with Crippen LogP contribution in [0.4, 0.5) is 19.1 Å². The van der Waals surface area contributed by atoms with Gasteiger partial charge in [0.05, 0.1) is 6.33 Å². The molecular formula is C9H9F3N6O2. The zero-order valence-corrected chi connectivity index (χ0v) is 9.84. The van der Waals surface area contributed by atoms with Gasteiger partial charge in [-0.3, -0.25) is 14.6 Å². The van der Waals surface area contributed by atoms with Crippen molar-refractivity contribution in [2.45, 2.75) is 6.18 Å². The predicted molar refractivity (Wildman–Crippen MR) is 62.1 cm³/mol. The number of imidazole rings is 1. The molecule has 108 valence electrons. The number of carbonyl (C=O) groups excluding carboxylic acids is 1. The second-order valence-corrected chi connectivity index (χ2v) is 3.70. The summed E-state index contributed by atoms with van der Waals surface area (Å²) in [5.74, 6) is -1.97. The number of nitrogens with one attached hydrogen (secondary N) is 4. The fourth-order valence-electron chi connectivity index (χ4n) is 1.38. The standard InChI is InChI=1S/C9H9F3N6O2/c10-9(11,12)7(20)13-1-2-14-8-17-5-4(6(19)18-8)15-3-16-5/h3H,1-2H2,(H,13,20)(H3,14,15,16,17,18,19). The highest BCUT2D eigenvalue weighted by Crippen LogP contribution is 2.13. The molecule has 0 unspecified atom stereocenters. The number of hydrogen-bond donors (Lipinski definition) is 4. The zero-order valence-electron chi connectivity index (χ0n) is 9.84. The highest BCUT2D eigenvalue weighted by atomic mass is 19.4. The van der Waals surface area contributed by atoms with Gasteiger partial charge in [0.15, 0.2) is 11.2 Å². The quantitative estimate of drug-likeness (QED) is 0.579. The number of hydrogen-bond acceptors (Lipinski definition) is 5. The number of rotatable bonds is 4. The average molecular weight is 290 g/mol. The van der Waals surface area contributed by atoms with E-state index < -0.39 is 17.6 Å². The van der Waals surface area contributed by atoms with E-state index in [-0.39, 0.29) is 30.2 Å². The molecule has 2 aromatic heterocycles. The summed E-state index contributed by atoms with van der Waals surface area (Å²) in [5, 5.41) is 4.24. The van der Waals surface area contributed by atoms with Gasteiger partial charge in [0.1, 0.15) is 0 Å². The van der Waals surface area contributed by atoms with Gasteiger partial charge in [-0.2, -0.15) is 18.2 Å². The van der Waals surface area contributed by atoms with Crippen LogP contribution in [0.15, 0.2) is 11.1 Å². The van der Waals surface area contributed by atoms with Gasteiger partial charge in [-0.15, -0.1) is 0 Å². The molecule has 8 nitrogen and oxygen atoms in total. The summed E-state index contributed by atoms with van der Waals surface area (Å²) in [7, 11) is 0. The summed E-state index contributed by atoms with van der Waals surface area (Å²) in [6, 6.07) is 0. The van der Waals surface area contributed by atoms with Gasteiger partial charge in [-0.05, 0) is 0 Å². The van der Waals surface area contributed by atoms with E-state index in [0.29, 0.717) is 0 Å². The summed E-state index contributed by atoms with van der Waals surface area (Å²) in [5.41, 5.74) is -0.0918. The molecule has 0 saturated carbocycles. The topological polar surface area (TPSA) is 116 Å². The van der Waals surface area contributed by atoms with Crippen LogP contribution in [0.25, 0.3) is 11.2 Å². The largest absolute Gasteiger partial charge is 0.471 e.